The van der Waals surface area contributed by atoms with Gasteiger partial charge < -0.3 is 0 Å². The lowest BCUT2D eigenvalue weighted by Gasteiger charge is -2.01. The molecule has 1 aromatic rings. The van der Waals surface area contributed by atoms with E-state index >= 15 is 0 Å². The molecule has 0 atom stereocenters. The van der Waals surface area contributed by atoms with E-state index in [4.69, 9.17) is 0 Å². The van der Waals surface area contributed by atoms with Crippen LogP contribution in [0.2, 0.25) is 0 Å². The lowest BCUT2D eigenvalue weighted by molar-refractivity contribution is -0.271. The van der Waals surface area contributed by atoms with Crippen LogP contribution in [0.3, 0.4) is 0 Å². The van der Waals surface area contributed by atoms with Crippen molar-refractivity contribution in [2.75, 3.05) is 6.26 Å². The molecule has 0 saturated heterocycles. The van der Waals surface area contributed by atoms with Crippen molar-refractivity contribution in [1.82, 2.24) is 0 Å². The summed E-state index contributed by atoms with van der Waals surface area (Å²) in [5.41, 5.74) is 0. The van der Waals surface area contributed by atoms with Gasteiger partial charge in [-0.1, -0.05) is 36.4 Å². The molecule has 3 nitrogen and oxygen atoms in total. The molecule has 0 radical (unpaired) electrons. The predicted octanol–water partition coefficient (Wildman–Crippen LogP) is 2.17. The summed E-state index contributed by atoms with van der Waals surface area (Å²) in [6, 6.07) is 12.0. The molecule has 1 aromatic carbocycles. The minimum atomic E-state index is -5.10. The van der Waals surface area contributed by atoms with Crippen molar-refractivity contribution in [3.8, 4) is 0 Å². The molecule has 1 rings (SSSR count). The molecule has 0 unspecified atom stereocenters. The monoisotopic (exact) mass is 242 g/mol. The average molecular weight is 242 g/mol. The fourth-order valence-corrected chi connectivity index (χ4v) is 0.900. The third kappa shape index (κ3) is 12.9. The van der Waals surface area contributed by atoms with Crippen LogP contribution in [-0.4, -0.2) is 21.0 Å². The van der Waals surface area contributed by atoms with Crippen LogP contribution in [0.4, 0.5) is 13.2 Å². The third-order valence-corrected chi connectivity index (χ3v) is 1.40. The fourth-order valence-electron chi connectivity index (χ4n) is 0.557. The molecule has 0 aliphatic rings. The Kier molecular flexibility index (Phi) is 5.31. The molecule has 0 heterocycles. The zero-order valence-corrected chi connectivity index (χ0v) is 8.55. The molecule has 0 aliphatic heterocycles. The van der Waals surface area contributed by atoms with E-state index in [1.807, 2.05) is 36.4 Å². The Morgan fingerprint density at radius 2 is 1.20 bits per heavy atom. The molecule has 15 heavy (non-hydrogen) atoms. The van der Waals surface area contributed by atoms with Gasteiger partial charge in [-0.15, -0.1) is 13.2 Å². The van der Waals surface area contributed by atoms with Crippen LogP contribution in [0.25, 0.3) is 0 Å². The number of hydrogen-bond donors (Lipinski definition) is 0. The lowest BCUT2D eigenvalue weighted by Crippen LogP contribution is -2.18. The Hall–Kier alpha value is -1.08. The summed E-state index contributed by atoms with van der Waals surface area (Å²) in [5.74, 6) is 0. The minimum Gasteiger partial charge on any atom is -0.199 e. The van der Waals surface area contributed by atoms with Crippen molar-refractivity contribution in [1.29, 1.82) is 0 Å². The van der Waals surface area contributed by atoms with E-state index in [2.05, 4.69) is 4.18 Å². The molecular formula is C8H9F3O3S. The zero-order valence-electron chi connectivity index (χ0n) is 7.73. The highest BCUT2D eigenvalue weighted by molar-refractivity contribution is 7.86. The predicted molar refractivity (Wildman–Crippen MR) is 48.4 cm³/mol. The molecule has 0 saturated carbocycles. The van der Waals surface area contributed by atoms with Crippen molar-refractivity contribution in [3.05, 3.63) is 36.4 Å². The summed E-state index contributed by atoms with van der Waals surface area (Å²) in [4.78, 5) is 0. The van der Waals surface area contributed by atoms with Gasteiger partial charge in [0.15, 0.2) is 0 Å². The van der Waals surface area contributed by atoms with Crippen LogP contribution in [0, 0.1) is 0 Å². The highest BCUT2D eigenvalue weighted by Gasteiger charge is 2.34. The number of benzene rings is 1. The summed E-state index contributed by atoms with van der Waals surface area (Å²) in [7, 11) is -4.41. The summed E-state index contributed by atoms with van der Waals surface area (Å²) in [5, 5.41) is 0. The third-order valence-electron chi connectivity index (χ3n) is 0.913. The van der Waals surface area contributed by atoms with E-state index in [-0.39, 0.29) is 0 Å². The van der Waals surface area contributed by atoms with Crippen LogP contribution >= 0.6 is 0 Å². The first-order valence-electron chi connectivity index (χ1n) is 3.68. The maximum Gasteiger partial charge on any atom is 0.537 e. The van der Waals surface area contributed by atoms with Gasteiger partial charge in [-0.2, -0.15) is 12.6 Å². The molecule has 0 aliphatic carbocycles. The van der Waals surface area contributed by atoms with Crippen LogP contribution in [0.15, 0.2) is 36.4 Å². The first-order chi connectivity index (χ1) is 6.71. The number of halogens is 3. The van der Waals surface area contributed by atoms with E-state index in [1.165, 1.54) is 0 Å². The molecule has 86 valence electrons. The molecule has 0 fully saturated rings. The Balaban J connectivity index is 0.000000280. The number of alkyl halides is 3. The van der Waals surface area contributed by atoms with Gasteiger partial charge in [0.1, 0.15) is 0 Å². The van der Waals surface area contributed by atoms with Gasteiger partial charge >= 0.3 is 6.36 Å². The molecule has 0 spiro atoms. The summed E-state index contributed by atoms with van der Waals surface area (Å²) in [6.45, 7) is 0. The molecule has 0 N–H and O–H groups in total. The molecule has 0 aromatic heterocycles. The summed E-state index contributed by atoms with van der Waals surface area (Å²) < 4.78 is 54.9. The van der Waals surface area contributed by atoms with Crippen LogP contribution < -0.4 is 0 Å². The van der Waals surface area contributed by atoms with E-state index in [0.29, 0.717) is 6.26 Å². The maximum absolute atomic E-state index is 11.0. The van der Waals surface area contributed by atoms with Crippen LogP contribution in [0.1, 0.15) is 0 Å². The summed E-state index contributed by atoms with van der Waals surface area (Å²) in [6.07, 6.45) is -4.78. The molecule has 0 bridgehead atoms. The first-order valence-corrected chi connectivity index (χ1v) is 5.50. The van der Waals surface area contributed by atoms with E-state index in [0.717, 1.165) is 0 Å². The Morgan fingerprint density at radius 1 is 0.933 bits per heavy atom. The topological polar surface area (TPSA) is 43.4 Å². The van der Waals surface area contributed by atoms with Crippen LogP contribution in [-0.2, 0) is 14.3 Å². The van der Waals surface area contributed by atoms with E-state index in [9.17, 15) is 21.6 Å². The van der Waals surface area contributed by atoms with Crippen molar-refractivity contribution in [2.45, 2.75) is 6.36 Å². The van der Waals surface area contributed by atoms with Gasteiger partial charge in [0.2, 0.25) is 0 Å². The Labute approximate surface area is 85.6 Å². The second kappa shape index (κ2) is 5.72. The largest absolute Gasteiger partial charge is 0.537 e. The van der Waals surface area contributed by atoms with Gasteiger partial charge in [-0.05, 0) is 0 Å². The Bertz CT molecular complexity index is 332. The molecule has 7 heteroatoms. The quantitative estimate of drug-likeness (QED) is 0.709. The SMILES string of the molecule is CS(=O)(=O)OC(F)(F)F.c1ccccc1. The molecular weight excluding hydrogens is 233 g/mol. The average Bonchev–Trinajstić information content (AvgIpc) is 2.01. The number of rotatable bonds is 1. The zero-order chi connectivity index (χ0) is 11.9. The minimum absolute atomic E-state index is 0.320. The second-order valence-corrected chi connectivity index (χ2v) is 3.96. The normalized spacial score (nSPS) is 11.5. The molecule has 0 amide bonds. The number of hydrogen-bond acceptors (Lipinski definition) is 3. The maximum atomic E-state index is 11.0. The van der Waals surface area contributed by atoms with Crippen molar-refractivity contribution in [2.24, 2.45) is 0 Å². The van der Waals surface area contributed by atoms with Gasteiger partial charge in [0, 0.05) is 0 Å². The first kappa shape index (κ1) is 13.9. The summed E-state index contributed by atoms with van der Waals surface area (Å²) >= 11 is 0. The van der Waals surface area contributed by atoms with Crippen molar-refractivity contribution in [3.63, 3.8) is 0 Å². The lowest BCUT2D eigenvalue weighted by atomic mass is 10.4. The highest BCUT2D eigenvalue weighted by atomic mass is 32.2. The van der Waals surface area contributed by atoms with Gasteiger partial charge in [-0.3, -0.25) is 0 Å². The Morgan fingerprint density at radius 3 is 1.27 bits per heavy atom. The van der Waals surface area contributed by atoms with Crippen LogP contribution in [0.5, 0.6) is 0 Å². The highest BCUT2D eigenvalue weighted by Crippen LogP contribution is 2.18. The van der Waals surface area contributed by atoms with Gasteiger partial charge in [0.05, 0.1) is 6.26 Å². The van der Waals surface area contributed by atoms with E-state index < -0.39 is 16.5 Å². The van der Waals surface area contributed by atoms with Gasteiger partial charge in [0.25, 0.3) is 10.1 Å². The van der Waals surface area contributed by atoms with E-state index in [1.54, 1.807) is 0 Å². The van der Waals surface area contributed by atoms with Gasteiger partial charge in [-0.25, -0.2) is 0 Å². The second-order valence-electron chi connectivity index (χ2n) is 2.39. The smallest absolute Gasteiger partial charge is 0.199 e. The fraction of sp³-hybridized carbons (Fsp3) is 0.250. The van der Waals surface area contributed by atoms with Crippen molar-refractivity contribution >= 4 is 10.1 Å². The van der Waals surface area contributed by atoms with Crippen molar-refractivity contribution < 1.29 is 25.8 Å². The standard InChI is InChI=1S/C6H6.C2H3F3O3S/c1-2-4-6-5-3-1;1-9(6,7)8-2(3,4)5/h1-6H;1H3.